The molecule has 81 valence electrons. The molecule has 0 heterocycles. The van der Waals surface area contributed by atoms with Gasteiger partial charge >= 0.3 is 0 Å². The van der Waals surface area contributed by atoms with Crippen molar-refractivity contribution in [2.24, 2.45) is 0 Å². The summed E-state index contributed by atoms with van der Waals surface area (Å²) in [6.07, 6.45) is 0. The minimum Gasteiger partial charge on any atom is -0.310 e. The van der Waals surface area contributed by atoms with E-state index in [0.717, 1.165) is 12.1 Å². The second-order valence-corrected chi connectivity index (χ2v) is 4.84. The van der Waals surface area contributed by atoms with Crippen LogP contribution in [0.1, 0.15) is 11.1 Å². The van der Waals surface area contributed by atoms with Crippen LogP contribution >= 0.6 is 22.9 Å². The minimum absolute atomic E-state index is 0.908. The van der Waals surface area contributed by atoms with Crippen molar-refractivity contribution in [1.82, 2.24) is 0 Å². The molecule has 0 fully saturated rings. The predicted molar refractivity (Wildman–Crippen MR) is 77.5 cm³/mol. The van der Waals surface area contributed by atoms with Gasteiger partial charge in [-0.05, 0) is 30.2 Å². The third kappa shape index (κ3) is 2.98. The van der Waals surface area contributed by atoms with E-state index in [1.54, 1.807) is 0 Å². The van der Waals surface area contributed by atoms with E-state index in [-0.39, 0.29) is 0 Å². The normalized spacial score (nSPS) is 10.1. The zero-order valence-corrected chi connectivity index (χ0v) is 11.1. The standard InChI is InChI=1S/C14H13IN/c1-12-6-5-9-14(10-12)16(15)11-13-7-3-2-4-8-13/h2-10H,1,11H2. The first-order chi connectivity index (χ1) is 7.75. The van der Waals surface area contributed by atoms with Gasteiger partial charge in [0.25, 0.3) is 0 Å². The fraction of sp³-hybridized carbons (Fsp3) is 0.0714. The quantitative estimate of drug-likeness (QED) is 0.604. The SMILES string of the molecule is [CH2]c1cccc(N(I)Cc2ccccc2)c1. The Balaban J connectivity index is 2.12. The van der Waals surface area contributed by atoms with Crippen LogP contribution in [0.2, 0.25) is 0 Å². The van der Waals surface area contributed by atoms with Crippen molar-refractivity contribution in [3.8, 4) is 0 Å². The summed E-state index contributed by atoms with van der Waals surface area (Å²) in [7, 11) is 0. The van der Waals surface area contributed by atoms with Crippen LogP contribution in [0.4, 0.5) is 5.69 Å². The van der Waals surface area contributed by atoms with Gasteiger partial charge in [-0.25, -0.2) is 0 Å². The number of anilines is 1. The van der Waals surface area contributed by atoms with Gasteiger partial charge in [0.2, 0.25) is 0 Å². The molecule has 0 amide bonds. The molecule has 0 aliphatic rings. The average molecular weight is 322 g/mol. The van der Waals surface area contributed by atoms with Crippen LogP contribution in [0, 0.1) is 6.92 Å². The number of hydrogen-bond donors (Lipinski definition) is 0. The lowest BCUT2D eigenvalue weighted by molar-refractivity contribution is 1.08. The van der Waals surface area contributed by atoms with E-state index >= 15 is 0 Å². The smallest absolute Gasteiger partial charge is 0.0594 e. The molecule has 0 saturated heterocycles. The van der Waals surface area contributed by atoms with Gasteiger partial charge in [-0.1, -0.05) is 42.5 Å². The Morgan fingerprint density at radius 1 is 1.00 bits per heavy atom. The number of benzene rings is 2. The molecule has 2 rings (SSSR count). The molecule has 0 N–H and O–H groups in total. The van der Waals surface area contributed by atoms with E-state index in [0.29, 0.717) is 0 Å². The maximum absolute atomic E-state index is 3.94. The van der Waals surface area contributed by atoms with E-state index in [9.17, 15) is 0 Å². The fourth-order valence-corrected chi connectivity index (χ4v) is 2.24. The van der Waals surface area contributed by atoms with Crippen LogP contribution in [-0.2, 0) is 6.54 Å². The molecule has 0 unspecified atom stereocenters. The molecular weight excluding hydrogens is 309 g/mol. The molecule has 2 aromatic rings. The Labute approximate surface area is 111 Å². The first-order valence-corrected chi connectivity index (χ1v) is 6.11. The maximum Gasteiger partial charge on any atom is 0.0594 e. The lowest BCUT2D eigenvalue weighted by Gasteiger charge is -2.17. The van der Waals surface area contributed by atoms with Crippen LogP contribution < -0.4 is 3.11 Å². The molecule has 0 saturated carbocycles. The highest BCUT2D eigenvalue weighted by atomic mass is 127. The van der Waals surface area contributed by atoms with Crippen LogP contribution in [-0.4, -0.2) is 0 Å². The molecular formula is C14H13IN. The predicted octanol–water partition coefficient (Wildman–Crippen LogP) is 4.23. The van der Waals surface area contributed by atoms with Gasteiger partial charge in [-0.3, -0.25) is 0 Å². The van der Waals surface area contributed by atoms with Crippen LogP contribution in [0.15, 0.2) is 54.6 Å². The fourth-order valence-electron chi connectivity index (χ4n) is 1.54. The van der Waals surface area contributed by atoms with Gasteiger partial charge in [0.1, 0.15) is 0 Å². The first kappa shape index (κ1) is 11.5. The molecule has 0 aliphatic carbocycles. The van der Waals surface area contributed by atoms with Crippen molar-refractivity contribution in [1.29, 1.82) is 0 Å². The molecule has 0 aliphatic heterocycles. The molecule has 0 spiro atoms. The van der Waals surface area contributed by atoms with Gasteiger partial charge < -0.3 is 3.11 Å². The van der Waals surface area contributed by atoms with Gasteiger partial charge in [0, 0.05) is 5.69 Å². The van der Waals surface area contributed by atoms with Crippen molar-refractivity contribution in [2.45, 2.75) is 6.54 Å². The summed E-state index contributed by atoms with van der Waals surface area (Å²) in [5.41, 5.74) is 3.55. The Bertz CT molecular complexity index is 453. The monoisotopic (exact) mass is 322 g/mol. The minimum atomic E-state index is 0.908. The van der Waals surface area contributed by atoms with E-state index in [1.165, 1.54) is 11.3 Å². The summed E-state index contributed by atoms with van der Waals surface area (Å²) >= 11 is 2.33. The molecule has 2 aromatic carbocycles. The third-order valence-corrected chi connectivity index (χ3v) is 3.25. The molecule has 1 radical (unpaired) electrons. The second-order valence-electron chi connectivity index (χ2n) is 3.68. The van der Waals surface area contributed by atoms with Crippen molar-refractivity contribution in [3.05, 3.63) is 72.6 Å². The second kappa shape index (κ2) is 5.34. The zero-order chi connectivity index (χ0) is 11.4. The average Bonchev–Trinajstić information content (AvgIpc) is 2.30. The highest BCUT2D eigenvalue weighted by molar-refractivity contribution is 14.1. The third-order valence-electron chi connectivity index (χ3n) is 2.35. The molecule has 0 atom stereocenters. The van der Waals surface area contributed by atoms with Crippen molar-refractivity contribution in [3.63, 3.8) is 0 Å². The molecule has 0 bridgehead atoms. The van der Waals surface area contributed by atoms with Crippen molar-refractivity contribution in [2.75, 3.05) is 3.11 Å². The Hall–Kier alpha value is -1.03. The lowest BCUT2D eigenvalue weighted by atomic mass is 10.2. The number of nitrogens with zero attached hydrogens (tertiary/aromatic N) is 1. The first-order valence-electron chi connectivity index (χ1n) is 5.15. The van der Waals surface area contributed by atoms with Gasteiger partial charge in [0.15, 0.2) is 0 Å². The summed E-state index contributed by atoms with van der Waals surface area (Å²) < 4.78 is 2.20. The van der Waals surface area contributed by atoms with E-state index < -0.39 is 0 Å². The lowest BCUT2D eigenvalue weighted by Crippen LogP contribution is -2.08. The molecule has 0 aromatic heterocycles. The Morgan fingerprint density at radius 3 is 2.44 bits per heavy atom. The van der Waals surface area contributed by atoms with E-state index in [4.69, 9.17) is 0 Å². The van der Waals surface area contributed by atoms with E-state index in [2.05, 4.69) is 69.3 Å². The highest BCUT2D eigenvalue weighted by Gasteiger charge is 2.03. The Morgan fingerprint density at radius 2 is 1.75 bits per heavy atom. The molecule has 2 heteroatoms. The van der Waals surface area contributed by atoms with Crippen molar-refractivity contribution < 1.29 is 0 Å². The number of hydrogen-bond acceptors (Lipinski definition) is 1. The van der Waals surface area contributed by atoms with Crippen molar-refractivity contribution >= 4 is 28.6 Å². The highest BCUT2D eigenvalue weighted by Crippen LogP contribution is 2.22. The summed E-state index contributed by atoms with van der Waals surface area (Å²) in [4.78, 5) is 0. The zero-order valence-electron chi connectivity index (χ0n) is 8.94. The van der Waals surface area contributed by atoms with Gasteiger partial charge in [0.05, 0.1) is 29.4 Å². The van der Waals surface area contributed by atoms with Crippen LogP contribution in [0.3, 0.4) is 0 Å². The van der Waals surface area contributed by atoms with Crippen LogP contribution in [0.25, 0.3) is 0 Å². The Kier molecular flexibility index (Phi) is 3.83. The largest absolute Gasteiger partial charge is 0.310 e. The number of rotatable bonds is 3. The topological polar surface area (TPSA) is 3.24 Å². The molecule has 1 nitrogen and oxygen atoms in total. The van der Waals surface area contributed by atoms with Gasteiger partial charge in [-0.2, -0.15) is 0 Å². The van der Waals surface area contributed by atoms with Crippen LogP contribution in [0.5, 0.6) is 0 Å². The maximum atomic E-state index is 3.94. The summed E-state index contributed by atoms with van der Waals surface area (Å²) in [5.74, 6) is 0. The number of halogens is 1. The van der Waals surface area contributed by atoms with Gasteiger partial charge in [-0.15, -0.1) is 0 Å². The summed E-state index contributed by atoms with van der Waals surface area (Å²) in [6, 6.07) is 18.7. The summed E-state index contributed by atoms with van der Waals surface area (Å²) in [6.45, 7) is 4.85. The summed E-state index contributed by atoms with van der Waals surface area (Å²) in [5, 5.41) is 0. The van der Waals surface area contributed by atoms with E-state index in [1.807, 2.05) is 18.2 Å². The molecule has 16 heavy (non-hydrogen) atoms.